The Morgan fingerprint density at radius 1 is 1.83 bits per heavy atom. The van der Waals surface area contributed by atoms with Gasteiger partial charge in [-0.3, -0.25) is 0 Å². The van der Waals surface area contributed by atoms with Gasteiger partial charge in [0, 0.05) is 9.53 Å². The molecule has 0 amide bonds. The van der Waals surface area contributed by atoms with Crippen molar-refractivity contribution in [3.05, 3.63) is 0 Å². The minimum atomic E-state index is -2.04. The topological polar surface area (TPSA) is 0 Å². The van der Waals surface area contributed by atoms with E-state index in [1.165, 1.54) is 13.8 Å². The largest absolute Gasteiger partial charge is 0.120 e. The van der Waals surface area contributed by atoms with Crippen LogP contribution in [0.4, 0.5) is 0 Å². The molecule has 0 nitrogen and oxygen atoms in total. The van der Waals surface area contributed by atoms with Crippen molar-refractivity contribution >= 4 is 0 Å². The van der Waals surface area contributed by atoms with Crippen molar-refractivity contribution in [1.82, 2.24) is 0 Å². The van der Waals surface area contributed by atoms with E-state index in [0.29, 0.717) is 0 Å². The van der Waals surface area contributed by atoms with Gasteiger partial charge in [0.05, 0.1) is 0 Å². The molecule has 0 rings (SSSR count). The molecule has 6 heavy (non-hydrogen) atoms. The lowest BCUT2D eigenvalue weighted by Crippen LogP contribution is -1.97. The summed E-state index contributed by atoms with van der Waals surface area (Å²) in [5, 5.41) is 0. The van der Waals surface area contributed by atoms with Crippen molar-refractivity contribution in [3.8, 4) is 12.3 Å². The van der Waals surface area contributed by atoms with Gasteiger partial charge in [0.15, 0.2) is 0 Å². The molecular weight excluding hydrogens is 72.1 g/mol. The van der Waals surface area contributed by atoms with Gasteiger partial charge in [-0.25, -0.2) is 0 Å². The Bertz CT molecular complexity index is 135. The van der Waals surface area contributed by atoms with Gasteiger partial charge in [-0.2, -0.15) is 0 Å². The summed E-state index contributed by atoms with van der Waals surface area (Å²) in [6.07, 6.45) is 4.98. The van der Waals surface area contributed by atoms with Crippen LogP contribution in [0.25, 0.3) is 0 Å². The molecule has 0 radical (unpaired) electrons. The fourth-order valence-corrected chi connectivity index (χ4v) is 0. The summed E-state index contributed by atoms with van der Waals surface area (Å²) in [7, 11) is 0. The summed E-state index contributed by atoms with van der Waals surface area (Å²) < 4.78 is 20.8. The quantitative estimate of drug-likeness (QED) is 0.392. The Morgan fingerprint density at radius 2 is 2.33 bits per heavy atom. The summed E-state index contributed by atoms with van der Waals surface area (Å²) >= 11 is 0. The second kappa shape index (κ2) is 1.34. The SMILES string of the molecule is [2H]C([2H])([2H])C(C)(C)C#C. The lowest BCUT2D eigenvalue weighted by molar-refractivity contribution is 0.571. The highest BCUT2D eigenvalue weighted by atomic mass is 14.0. The van der Waals surface area contributed by atoms with Crippen LogP contribution in [0.1, 0.15) is 24.8 Å². The molecule has 0 heteroatoms. The molecule has 0 aliphatic rings. The number of hydrogen-bond acceptors (Lipinski definition) is 0. The third-order valence-corrected chi connectivity index (χ3v) is 0.361. The molecule has 0 aliphatic heterocycles. The summed E-state index contributed by atoms with van der Waals surface area (Å²) in [6.45, 7) is 1.02. The van der Waals surface area contributed by atoms with Crippen LogP contribution in [0.3, 0.4) is 0 Å². The summed E-state index contributed by atoms with van der Waals surface area (Å²) in [5.41, 5.74) is -0.993. The molecule has 0 bridgehead atoms. The van der Waals surface area contributed by atoms with Gasteiger partial charge in [-0.05, 0) is 20.7 Å². The molecule has 0 aromatic rings. The number of terminal acetylenes is 1. The van der Waals surface area contributed by atoms with E-state index in [1.54, 1.807) is 0 Å². The second-order valence-corrected chi connectivity index (χ2v) is 1.77. The molecule has 0 saturated carbocycles. The van der Waals surface area contributed by atoms with Crippen LogP contribution in [-0.4, -0.2) is 0 Å². The van der Waals surface area contributed by atoms with Gasteiger partial charge in [0.1, 0.15) is 0 Å². The van der Waals surface area contributed by atoms with Crippen molar-refractivity contribution in [2.24, 2.45) is 5.41 Å². The van der Waals surface area contributed by atoms with Gasteiger partial charge in [0.2, 0.25) is 0 Å². The maximum absolute atomic E-state index is 6.93. The van der Waals surface area contributed by atoms with Crippen molar-refractivity contribution in [3.63, 3.8) is 0 Å². The van der Waals surface area contributed by atoms with Crippen molar-refractivity contribution in [1.29, 1.82) is 0 Å². The van der Waals surface area contributed by atoms with Crippen LogP contribution < -0.4 is 0 Å². The molecule has 0 fully saturated rings. The predicted molar refractivity (Wildman–Crippen MR) is 28.3 cm³/mol. The van der Waals surface area contributed by atoms with Crippen LogP contribution in [0.2, 0.25) is 0 Å². The summed E-state index contributed by atoms with van der Waals surface area (Å²) in [5.74, 6) is 2.22. The van der Waals surface area contributed by atoms with Crippen molar-refractivity contribution in [2.75, 3.05) is 0 Å². The number of rotatable bonds is 0. The van der Waals surface area contributed by atoms with Crippen LogP contribution >= 0.6 is 0 Å². The van der Waals surface area contributed by atoms with E-state index in [2.05, 4.69) is 5.92 Å². The molecule has 0 spiro atoms. The Kier molecular flexibility index (Phi) is 0.453. The first-order valence-corrected chi connectivity index (χ1v) is 1.79. The van der Waals surface area contributed by atoms with E-state index < -0.39 is 12.3 Å². The van der Waals surface area contributed by atoms with E-state index in [4.69, 9.17) is 10.5 Å². The lowest BCUT2D eigenvalue weighted by atomic mass is 9.99. The Balaban J connectivity index is 4.39. The van der Waals surface area contributed by atoms with Crippen molar-refractivity contribution < 1.29 is 4.11 Å². The minimum Gasteiger partial charge on any atom is -0.120 e. The lowest BCUT2D eigenvalue weighted by Gasteiger charge is -2.04. The molecule has 0 aliphatic carbocycles. The van der Waals surface area contributed by atoms with E-state index in [1.807, 2.05) is 0 Å². The summed E-state index contributed by atoms with van der Waals surface area (Å²) in [6, 6.07) is 0. The fourth-order valence-electron chi connectivity index (χ4n) is 0. The average molecular weight is 85.2 g/mol. The van der Waals surface area contributed by atoms with E-state index in [9.17, 15) is 0 Å². The highest BCUT2D eigenvalue weighted by molar-refractivity contribution is 4.96. The van der Waals surface area contributed by atoms with Gasteiger partial charge in [0.25, 0.3) is 0 Å². The van der Waals surface area contributed by atoms with Crippen LogP contribution in [-0.2, 0) is 0 Å². The maximum Gasteiger partial charge on any atom is 0.0246 e. The van der Waals surface area contributed by atoms with Crippen LogP contribution in [0.15, 0.2) is 0 Å². The average Bonchev–Trinajstić information content (AvgIpc) is 1.64. The molecule has 0 aromatic heterocycles. The third-order valence-electron chi connectivity index (χ3n) is 0.361. The van der Waals surface area contributed by atoms with Gasteiger partial charge >= 0.3 is 0 Å². The van der Waals surface area contributed by atoms with E-state index >= 15 is 0 Å². The smallest absolute Gasteiger partial charge is 0.0246 e. The molecule has 0 N–H and O–H groups in total. The van der Waals surface area contributed by atoms with Crippen LogP contribution in [0.5, 0.6) is 0 Å². The van der Waals surface area contributed by atoms with Crippen molar-refractivity contribution in [2.45, 2.75) is 20.7 Å². The van der Waals surface area contributed by atoms with Gasteiger partial charge in [-0.15, -0.1) is 12.3 Å². The van der Waals surface area contributed by atoms with Gasteiger partial charge in [-0.1, -0.05) is 0 Å². The Labute approximate surface area is 43.8 Å². The zero-order valence-corrected chi connectivity index (χ0v) is 4.08. The zero-order valence-electron chi connectivity index (χ0n) is 7.08. The maximum atomic E-state index is 6.93. The second-order valence-electron chi connectivity index (χ2n) is 1.77. The van der Waals surface area contributed by atoms with Gasteiger partial charge < -0.3 is 0 Å². The first-order chi connectivity index (χ1) is 3.81. The minimum absolute atomic E-state index is 0.993. The van der Waals surface area contributed by atoms with E-state index in [-0.39, 0.29) is 0 Å². The molecule has 0 aromatic carbocycles. The predicted octanol–water partition coefficient (Wildman–Crippen LogP) is 1.67. The standard InChI is InChI=1S/C6H10/c1-5-6(2,3)4/h1H,2-4H3/i2D3. The van der Waals surface area contributed by atoms with E-state index in [0.717, 1.165) is 0 Å². The van der Waals surface area contributed by atoms with Crippen LogP contribution in [0, 0.1) is 17.8 Å². The molecule has 0 saturated heterocycles. The first-order valence-electron chi connectivity index (χ1n) is 3.29. The third kappa shape index (κ3) is 3.56. The fraction of sp³-hybridized carbons (Fsp3) is 0.667. The Hall–Kier alpha value is -0.440. The summed E-state index contributed by atoms with van der Waals surface area (Å²) in [4.78, 5) is 0. The molecule has 34 valence electrons. The highest BCUT2D eigenvalue weighted by Crippen LogP contribution is 2.08. The zero-order chi connectivity index (χ0) is 7.71. The Morgan fingerprint density at radius 3 is 2.33 bits per heavy atom. The molecular formula is C6H10. The normalized spacial score (nSPS) is 19.8. The monoisotopic (exact) mass is 85.1 g/mol. The number of hydrogen-bond donors (Lipinski definition) is 0. The molecule has 0 unspecified atom stereocenters. The highest BCUT2D eigenvalue weighted by Gasteiger charge is 2.00. The first kappa shape index (κ1) is 2.02. The molecule has 0 atom stereocenters. The molecule has 0 heterocycles.